The van der Waals surface area contributed by atoms with Gasteiger partial charge in [0.2, 0.25) is 5.91 Å². The van der Waals surface area contributed by atoms with Crippen LogP contribution in [0.2, 0.25) is 0 Å². The lowest BCUT2D eigenvalue weighted by atomic mass is 10.1. The maximum absolute atomic E-state index is 12.7. The first kappa shape index (κ1) is 23.7. The van der Waals surface area contributed by atoms with Crippen molar-refractivity contribution in [1.29, 1.82) is 0 Å². The summed E-state index contributed by atoms with van der Waals surface area (Å²) in [5.74, 6) is -1.51. The average molecular weight is 458 g/mol. The topological polar surface area (TPSA) is 74.7 Å². The number of anilines is 1. The minimum absolute atomic E-state index is 0.0159. The molecule has 1 aromatic rings. The summed E-state index contributed by atoms with van der Waals surface area (Å²) >= 11 is 4.41. The lowest BCUT2D eigenvalue weighted by molar-refractivity contribution is -0.136. The molecule has 0 saturated heterocycles. The number of hydrogen-bond acceptors (Lipinski definition) is 4. The molecule has 7 heteroatoms. The number of aliphatic carboxylic acids is 1. The van der Waals surface area contributed by atoms with Crippen LogP contribution in [0.25, 0.3) is 0 Å². The summed E-state index contributed by atoms with van der Waals surface area (Å²) in [6.45, 7) is 5.39. The van der Waals surface area contributed by atoms with Crippen LogP contribution in [0.15, 0.2) is 16.6 Å². The van der Waals surface area contributed by atoms with Gasteiger partial charge in [0.1, 0.15) is 6.54 Å². The Morgan fingerprint density at radius 2 is 1.78 bits per heavy atom. The molecule has 0 heterocycles. The van der Waals surface area contributed by atoms with Gasteiger partial charge in [-0.3, -0.25) is 19.3 Å². The Hall–Kier alpha value is -1.34. The molecule has 0 fully saturated rings. The number of amides is 1. The fourth-order valence-corrected chi connectivity index (χ4v) is 3.87. The van der Waals surface area contributed by atoms with Gasteiger partial charge in [-0.15, -0.1) is 0 Å². The number of halogens is 1. The van der Waals surface area contributed by atoms with E-state index in [1.54, 1.807) is 0 Å². The molecule has 0 saturated carbocycles. The number of hydrogen-bond donors (Lipinski definition) is 1. The molecular formula is C20H28BrNO4S. The number of carbonyl (C=O) groups is 3. The Kier molecular flexibility index (Phi) is 10.7. The fraction of sp³-hybridized carbons (Fsp3) is 0.550. The van der Waals surface area contributed by atoms with Gasteiger partial charge >= 0.3 is 5.97 Å². The molecule has 0 aliphatic rings. The fourth-order valence-electron chi connectivity index (χ4n) is 2.82. The number of rotatable bonds is 11. The van der Waals surface area contributed by atoms with E-state index < -0.39 is 12.5 Å². The van der Waals surface area contributed by atoms with E-state index in [0.717, 1.165) is 53.0 Å². The molecule has 150 valence electrons. The van der Waals surface area contributed by atoms with Crippen LogP contribution in [0.4, 0.5) is 5.69 Å². The third-order valence-corrected chi connectivity index (χ3v) is 6.05. The van der Waals surface area contributed by atoms with Gasteiger partial charge in [-0.05, 0) is 37.5 Å². The summed E-state index contributed by atoms with van der Waals surface area (Å²) in [4.78, 5) is 37.3. The van der Waals surface area contributed by atoms with Gasteiger partial charge in [-0.2, -0.15) is 0 Å². The number of nitrogens with zero attached hydrogens (tertiary/aromatic N) is 1. The molecule has 5 nitrogen and oxygen atoms in total. The van der Waals surface area contributed by atoms with Gasteiger partial charge < -0.3 is 5.11 Å². The van der Waals surface area contributed by atoms with Crippen molar-refractivity contribution in [1.82, 2.24) is 0 Å². The minimum atomic E-state index is -1.09. The molecule has 27 heavy (non-hydrogen) atoms. The van der Waals surface area contributed by atoms with Gasteiger partial charge in [0.15, 0.2) is 5.12 Å². The van der Waals surface area contributed by atoms with Gasteiger partial charge in [0, 0.05) is 10.9 Å². The highest BCUT2D eigenvalue weighted by Crippen LogP contribution is 2.31. The van der Waals surface area contributed by atoms with Crippen molar-refractivity contribution in [2.24, 2.45) is 0 Å². The maximum atomic E-state index is 12.7. The average Bonchev–Trinajstić information content (AvgIpc) is 2.61. The number of unbranched alkanes of at least 4 members (excludes halogenated alkanes) is 4. The number of carboxylic acids is 1. The van der Waals surface area contributed by atoms with E-state index >= 15 is 0 Å². The molecule has 1 N–H and O–H groups in total. The SMILES string of the molecule is CCCCCCCC(=O)SCC(=O)N(CC(=O)O)c1c(C)ccc(Br)c1C. The largest absolute Gasteiger partial charge is 0.480 e. The molecule has 0 aromatic heterocycles. The highest BCUT2D eigenvalue weighted by atomic mass is 79.9. The smallest absolute Gasteiger partial charge is 0.323 e. The molecule has 0 spiro atoms. The Morgan fingerprint density at radius 1 is 1.11 bits per heavy atom. The maximum Gasteiger partial charge on any atom is 0.323 e. The molecule has 0 radical (unpaired) electrons. The van der Waals surface area contributed by atoms with Crippen molar-refractivity contribution in [3.05, 3.63) is 27.7 Å². The standard InChI is InChI=1S/C20H28BrNO4S/c1-4-5-6-7-8-9-19(26)27-13-17(23)22(12-18(24)25)20-14(2)10-11-16(21)15(20)3/h10-11H,4-9,12-13H2,1-3H3,(H,24,25). The van der Waals surface area contributed by atoms with E-state index in [1.807, 2.05) is 26.0 Å². The molecule has 0 atom stereocenters. The van der Waals surface area contributed by atoms with Gasteiger partial charge in [0.25, 0.3) is 0 Å². The first-order valence-corrected chi connectivity index (χ1v) is 11.0. The second-order valence-electron chi connectivity index (χ2n) is 6.54. The van der Waals surface area contributed by atoms with Crippen molar-refractivity contribution in [2.75, 3.05) is 17.2 Å². The lowest BCUT2D eigenvalue weighted by Gasteiger charge is -2.25. The van der Waals surface area contributed by atoms with E-state index in [-0.39, 0.29) is 16.8 Å². The van der Waals surface area contributed by atoms with E-state index in [4.69, 9.17) is 0 Å². The second kappa shape index (κ2) is 12.2. The van der Waals surface area contributed by atoms with Crippen molar-refractivity contribution in [3.63, 3.8) is 0 Å². The normalized spacial score (nSPS) is 10.7. The number of carbonyl (C=O) groups excluding carboxylic acids is 2. The zero-order chi connectivity index (χ0) is 20.4. The zero-order valence-corrected chi connectivity index (χ0v) is 18.6. The van der Waals surface area contributed by atoms with Gasteiger partial charge in [-0.25, -0.2) is 0 Å². The summed E-state index contributed by atoms with van der Waals surface area (Å²) in [6, 6.07) is 3.71. The molecule has 0 unspecified atom stereocenters. The summed E-state index contributed by atoms with van der Waals surface area (Å²) in [7, 11) is 0. The van der Waals surface area contributed by atoms with Crippen LogP contribution < -0.4 is 4.90 Å². The Labute approximate surface area is 174 Å². The molecule has 0 bridgehead atoms. The van der Waals surface area contributed by atoms with Crippen molar-refractivity contribution in [3.8, 4) is 0 Å². The predicted octanol–water partition coefficient (Wildman–Crippen LogP) is 5.10. The molecule has 1 rings (SSSR count). The van der Waals surface area contributed by atoms with Gasteiger partial charge in [-0.1, -0.05) is 66.4 Å². The van der Waals surface area contributed by atoms with Crippen LogP contribution in [0, 0.1) is 13.8 Å². The molecular weight excluding hydrogens is 430 g/mol. The zero-order valence-electron chi connectivity index (χ0n) is 16.2. The highest BCUT2D eigenvalue weighted by molar-refractivity contribution is 9.10. The van der Waals surface area contributed by atoms with E-state index in [1.165, 1.54) is 11.3 Å². The van der Waals surface area contributed by atoms with Crippen LogP contribution in [0.3, 0.4) is 0 Å². The lowest BCUT2D eigenvalue weighted by Crippen LogP contribution is -2.38. The van der Waals surface area contributed by atoms with Crippen LogP contribution in [0.1, 0.15) is 56.6 Å². The summed E-state index contributed by atoms with van der Waals surface area (Å²) in [6.07, 6.45) is 5.77. The van der Waals surface area contributed by atoms with Crippen molar-refractivity contribution in [2.45, 2.75) is 59.3 Å². The number of carboxylic acid groups (broad SMARTS) is 1. The van der Waals surface area contributed by atoms with Gasteiger partial charge in [0.05, 0.1) is 11.4 Å². The predicted molar refractivity (Wildman–Crippen MR) is 114 cm³/mol. The van der Waals surface area contributed by atoms with E-state index in [2.05, 4.69) is 22.9 Å². The highest BCUT2D eigenvalue weighted by Gasteiger charge is 2.23. The Bertz CT molecular complexity index is 678. The van der Waals surface area contributed by atoms with Crippen LogP contribution in [-0.2, 0) is 14.4 Å². The number of benzene rings is 1. The molecule has 0 aliphatic carbocycles. The molecule has 0 aliphatic heterocycles. The molecule has 1 aromatic carbocycles. The van der Waals surface area contributed by atoms with Crippen LogP contribution >= 0.6 is 27.7 Å². The van der Waals surface area contributed by atoms with Crippen LogP contribution in [0.5, 0.6) is 0 Å². The Balaban J connectivity index is 2.73. The monoisotopic (exact) mass is 457 g/mol. The number of thioether (sulfide) groups is 1. The van der Waals surface area contributed by atoms with E-state index in [9.17, 15) is 19.5 Å². The van der Waals surface area contributed by atoms with Crippen molar-refractivity contribution >= 4 is 50.4 Å². The van der Waals surface area contributed by atoms with Crippen LogP contribution in [-0.4, -0.2) is 34.4 Å². The Morgan fingerprint density at radius 3 is 2.41 bits per heavy atom. The first-order valence-electron chi connectivity index (χ1n) is 9.21. The van der Waals surface area contributed by atoms with E-state index in [0.29, 0.717) is 12.1 Å². The number of aryl methyl sites for hydroxylation is 1. The summed E-state index contributed by atoms with van der Waals surface area (Å²) in [5.41, 5.74) is 2.21. The van der Waals surface area contributed by atoms with Crippen molar-refractivity contribution < 1.29 is 19.5 Å². The summed E-state index contributed by atoms with van der Waals surface area (Å²) in [5, 5.41) is 9.21. The second-order valence-corrected chi connectivity index (χ2v) is 8.42. The molecule has 1 amide bonds. The quantitative estimate of drug-likeness (QED) is 0.467. The third kappa shape index (κ3) is 8.05. The third-order valence-electron chi connectivity index (χ3n) is 4.27. The summed E-state index contributed by atoms with van der Waals surface area (Å²) < 4.78 is 0.807. The minimum Gasteiger partial charge on any atom is -0.480 e. The first-order chi connectivity index (χ1) is 12.8.